The van der Waals surface area contributed by atoms with Gasteiger partial charge in [0.05, 0.1) is 13.2 Å². The minimum absolute atomic E-state index is 0.205. The molecule has 0 saturated heterocycles. The largest absolute Gasteiger partial charge is 0.493 e. The third-order valence-electron chi connectivity index (χ3n) is 2.96. The highest BCUT2D eigenvalue weighted by molar-refractivity contribution is 6.30. The summed E-state index contributed by atoms with van der Waals surface area (Å²) in [6, 6.07) is 3.70. The van der Waals surface area contributed by atoms with Crippen LogP contribution in [0.2, 0.25) is 5.02 Å². The zero-order valence-electron chi connectivity index (χ0n) is 10.2. The summed E-state index contributed by atoms with van der Waals surface area (Å²) in [5.74, 6) is 1.70. The van der Waals surface area contributed by atoms with Crippen LogP contribution in [0.4, 0.5) is 0 Å². The maximum atomic E-state index is 6.08. The predicted molar refractivity (Wildman–Crippen MR) is 69.1 cm³/mol. The highest BCUT2D eigenvalue weighted by Gasteiger charge is 2.27. The Morgan fingerprint density at radius 1 is 1.47 bits per heavy atom. The van der Waals surface area contributed by atoms with Gasteiger partial charge in [-0.25, -0.2) is 0 Å². The maximum absolute atomic E-state index is 6.08. The number of hydrogen-bond donors (Lipinski definition) is 1. The van der Waals surface area contributed by atoms with Gasteiger partial charge in [-0.3, -0.25) is 0 Å². The predicted octanol–water partition coefficient (Wildman–Crippen LogP) is 2.95. The van der Waals surface area contributed by atoms with Crippen LogP contribution in [-0.4, -0.2) is 19.8 Å². The summed E-state index contributed by atoms with van der Waals surface area (Å²) in [5, 5.41) is 0.653. The fourth-order valence-electron chi connectivity index (χ4n) is 1.71. The van der Waals surface area contributed by atoms with E-state index in [9.17, 15) is 0 Å². The molecule has 0 spiro atoms. The number of ether oxygens (including phenoxy) is 2. The first-order valence-electron chi connectivity index (χ1n) is 5.89. The van der Waals surface area contributed by atoms with E-state index in [0.29, 0.717) is 23.4 Å². The Bertz CT molecular complexity index is 405. The molecule has 3 nitrogen and oxygen atoms in total. The Kier molecular flexibility index (Phi) is 3.79. The summed E-state index contributed by atoms with van der Waals surface area (Å²) in [7, 11) is 1.63. The van der Waals surface area contributed by atoms with E-state index in [1.807, 2.05) is 6.07 Å². The van der Waals surface area contributed by atoms with E-state index in [1.165, 1.54) is 0 Å². The number of hydrogen-bond acceptors (Lipinski definition) is 3. The Morgan fingerprint density at radius 2 is 2.18 bits per heavy atom. The first kappa shape index (κ1) is 12.5. The monoisotopic (exact) mass is 255 g/mol. The topological polar surface area (TPSA) is 44.5 Å². The summed E-state index contributed by atoms with van der Waals surface area (Å²) in [4.78, 5) is 0. The molecule has 2 rings (SSSR count). The normalized spacial score (nSPS) is 16.7. The summed E-state index contributed by atoms with van der Waals surface area (Å²) in [6.45, 7) is 2.62. The Hall–Kier alpha value is -0.930. The minimum atomic E-state index is 0.205. The van der Waals surface area contributed by atoms with Gasteiger partial charge in [0, 0.05) is 16.7 Å². The van der Waals surface area contributed by atoms with Crippen molar-refractivity contribution < 1.29 is 9.47 Å². The highest BCUT2D eigenvalue weighted by Crippen LogP contribution is 2.41. The van der Waals surface area contributed by atoms with Crippen molar-refractivity contribution in [2.24, 2.45) is 5.73 Å². The molecule has 1 aliphatic carbocycles. The molecule has 0 bridgehead atoms. The maximum Gasteiger partial charge on any atom is 0.165 e. The summed E-state index contributed by atoms with van der Waals surface area (Å²) in [6.07, 6.45) is 2.55. The van der Waals surface area contributed by atoms with Crippen LogP contribution in [0, 0.1) is 0 Å². The first-order valence-corrected chi connectivity index (χ1v) is 6.27. The molecule has 1 fully saturated rings. The molecule has 0 aliphatic heterocycles. The summed E-state index contributed by atoms with van der Waals surface area (Å²) >= 11 is 6.08. The molecule has 94 valence electrons. The highest BCUT2D eigenvalue weighted by atomic mass is 35.5. The van der Waals surface area contributed by atoms with E-state index in [1.54, 1.807) is 13.2 Å². The van der Waals surface area contributed by atoms with Crippen LogP contribution in [0.5, 0.6) is 11.5 Å². The second-order valence-corrected chi connectivity index (χ2v) is 4.92. The molecular formula is C13H18ClNO2. The molecule has 0 amide bonds. The van der Waals surface area contributed by atoms with E-state index in [-0.39, 0.29) is 5.92 Å². The van der Waals surface area contributed by atoms with Crippen molar-refractivity contribution >= 4 is 11.6 Å². The molecule has 0 aromatic heterocycles. The van der Waals surface area contributed by atoms with Crippen molar-refractivity contribution in [3.05, 3.63) is 22.7 Å². The molecular weight excluding hydrogens is 238 g/mol. The quantitative estimate of drug-likeness (QED) is 0.880. The van der Waals surface area contributed by atoms with E-state index in [4.69, 9.17) is 26.8 Å². The first-order chi connectivity index (χ1) is 8.15. The molecule has 1 unspecified atom stereocenters. The Balaban J connectivity index is 2.40. The van der Waals surface area contributed by atoms with E-state index in [2.05, 4.69) is 6.92 Å². The standard InChI is InChI=1S/C13H18ClNO2/c1-8(7-15)11-5-9(14)6-12(16-2)13(11)17-10-3-4-10/h5-6,8,10H,3-4,7,15H2,1-2H3. The van der Waals surface area contributed by atoms with Crippen molar-refractivity contribution in [2.45, 2.75) is 31.8 Å². The van der Waals surface area contributed by atoms with E-state index >= 15 is 0 Å². The van der Waals surface area contributed by atoms with Gasteiger partial charge in [-0.05, 0) is 31.4 Å². The molecule has 1 aromatic carbocycles. The number of benzene rings is 1. The van der Waals surface area contributed by atoms with Gasteiger partial charge in [0.2, 0.25) is 0 Å². The van der Waals surface area contributed by atoms with E-state index in [0.717, 1.165) is 24.2 Å². The molecule has 0 radical (unpaired) electrons. The number of methoxy groups -OCH3 is 1. The van der Waals surface area contributed by atoms with Gasteiger partial charge in [0.15, 0.2) is 11.5 Å². The molecule has 1 aliphatic rings. The average Bonchev–Trinajstić information content (AvgIpc) is 3.13. The summed E-state index contributed by atoms with van der Waals surface area (Å²) < 4.78 is 11.3. The van der Waals surface area contributed by atoms with Crippen molar-refractivity contribution in [2.75, 3.05) is 13.7 Å². The second kappa shape index (κ2) is 5.15. The summed E-state index contributed by atoms with van der Waals surface area (Å²) in [5.41, 5.74) is 6.75. The zero-order chi connectivity index (χ0) is 12.4. The molecule has 1 saturated carbocycles. The molecule has 17 heavy (non-hydrogen) atoms. The van der Waals surface area contributed by atoms with Crippen LogP contribution in [0.3, 0.4) is 0 Å². The third kappa shape index (κ3) is 2.85. The van der Waals surface area contributed by atoms with Crippen LogP contribution >= 0.6 is 11.6 Å². The second-order valence-electron chi connectivity index (χ2n) is 4.48. The van der Waals surface area contributed by atoms with Crippen LogP contribution in [-0.2, 0) is 0 Å². The van der Waals surface area contributed by atoms with Crippen molar-refractivity contribution in [3.8, 4) is 11.5 Å². The third-order valence-corrected chi connectivity index (χ3v) is 3.18. The lowest BCUT2D eigenvalue weighted by Gasteiger charge is -2.18. The van der Waals surface area contributed by atoms with Gasteiger partial charge in [-0.15, -0.1) is 0 Å². The molecule has 0 heterocycles. The average molecular weight is 256 g/mol. The van der Waals surface area contributed by atoms with Gasteiger partial charge in [0.1, 0.15) is 0 Å². The number of halogens is 1. The fourth-order valence-corrected chi connectivity index (χ4v) is 1.93. The van der Waals surface area contributed by atoms with Crippen LogP contribution < -0.4 is 15.2 Å². The molecule has 4 heteroatoms. The van der Waals surface area contributed by atoms with Crippen LogP contribution in [0.1, 0.15) is 31.2 Å². The molecule has 1 atom stereocenters. The molecule has 2 N–H and O–H groups in total. The van der Waals surface area contributed by atoms with Gasteiger partial charge in [-0.2, -0.15) is 0 Å². The van der Waals surface area contributed by atoms with Crippen molar-refractivity contribution in [3.63, 3.8) is 0 Å². The van der Waals surface area contributed by atoms with Crippen molar-refractivity contribution in [1.29, 1.82) is 0 Å². The number of rotatable bonds is 5. The number of nitrogens with two attached hydrogens (primary N) is 1. The lowest BCUT2D eigenvalue weighted by atomic mass is 10.00. The smallest absolute Gasteiger partial charge is 0.165 e. The lowest BCUT2D eigenvalue weighted by Crippen LogP contribution is -2.12. The Morgan fingerprint density at radius 3 is 2.71 bits per heavy atom. The molecule has 1 aromatic rings. The van der Waals surface area contributed by atoms with Crippen LogP contribution in [0.25, 0.3) is 0 Å². The zero-order valence-corrected chi connectivity index (χ0v) is 11.0. The Labute approximate surface area is 107 Å². The SMILES string of the molecule is COc1cc(Cl)cc(C(C)CN)c1OC1CC1. The lowest BCUT2D eigenvalue weighted by molar-refractivity contribution is 0.277. The van der Waals surface area contributed by atoms with Gasteiger partial charge in [0.25, 0.3) is 0 Å². The van der Waals surface area contributed by atoms with Gasteiger partial charge < -0.3 is 15.2 Å². The van der Waals surface area contributed by atoms with E-state index < -0.39 is 0 Å². The van der Waals surface area contributed by atoms with Crippen molar-refractivity contribution in [1.82, 2.24) is 0 Å². The van der Waals surface area contributed by atoms with Crippen LogP contribution in [0.15, 0.2) is 12.1 Å². The minimum Gasteiger partial charge on any atom is -0.493 e. The van der Waals surface area contributed by atoms with Gasteiger partial charge in [-0.1, -0.05) is 18.5 Å². The fraction of sp³-hybridized carbons (Fsp3) is 0.538. The van der Waals surface area contributed by atoms with Gasteiger partial charge >= 0.3 is 0 Å².